The summed E-state index contributed by atoms with van der Waals surface area (Å²) in [5.74, 6) is -1.52. The number of benzene rings is 1. The van der Waals surface area contributed by atoms with Gasteiger partial charge in [0.15, 0.2) is 12.3 Å². The number of rotatable bonds is 6. The van der Waals surface area contributed by atoms with Crippen LogP contribution in [0, 0.1) is 6.92 Å². The minimum atomic E-state index is -0.898. The third-order valence-corrected chi connectivity index (χ3v) is 5.55. The van der Waals surface area contributed by atoms with Crippen LogP contribution < -0.4 is 5.32 Å². The summed E-state index contributed by atoms with van der Waals surface area (Å²) in [4.78, 5) is 42.0. The lowest BCUT2D eigenvalue weighted by Crippen LogP contribution is -2.34. The number of alkyl carbamates (subject to hydrolysis) is 1. The van der Waals surface area contributed by atoms with Gasteiger partial charge in [-0.3, -0.25) is 10.1 Å². The zero-order valence-corrected chi connectivity index (χ0v) is 18.7. The molecule has 0 atom stereocenters. The minimum absolute atomic E-state index is 0.115. The first-order valence-electron chi connectivity index (χ1n) is 10.1. The van der Waals surface area contributed by atoms with Gasteiger partial charge in [0.05, 0.1) is 39.5 Å². The smallest absolute Gasteiger partial charge is 0.413 e. The van der Waals surface area contributed by atoms with E-state index in [-0.39, 0.29) is 12.2 Å². The summed E-state index contributed by atoms with van der Waals surface area (Å²) in [5.41, 5.74) is 2.68. The second kappa shape index (κ2) is 9.61. The number of carbonyl (C=O) groups is 3. The van der Waals surface area contributed by atoms with Crippen LogP contribution in [0.2, 0.25) is 0 Å². The van der Waals surface area contributed by atoms with Gasteiger partial charge in [-0.05, 0) is 43.5 Å². The van der Waals surface area contributed by atoms with Crippen molar-refractivity contribution >= 4 is 40.3 Å². The number of fused-ring (bicyclic) bond motifs is 1. The van der Waals surface area contributed by atoms with Gasteiger partial charge in [0.2, 0.25) is 0 Å². The van der Waals surface area contributed by atoms with E-state index in [1.807, 2.05) is 53.2 Å². The number of hydrogen-bond acceptors (Lipinski definition) is 8. The number of amides is 2. The van der Waals surface area contributed by atoms with Crippen LogP contribution in [0.25, 0.3) is 27.3 Å². The molecule has 2 amide bonds. The van der Waals surface area contributed by atoms with Gasteiger partial charge in [-0.15, -0.1) is 11.3 Å². The number of ether oxygens (including phenoxy) is 2. The van der Waals surface area contributed by atoms with Crippen molar-refractivity contribution in [1.29, 1.82) is 0 Å². The molecule has 0 unspecified atom stereocenters. The molecule has 168 valence electrons. The Bertz CT molecular complexity index is 1320. The van der Waals surface area contributed by atoms with E-state index in [2.05, 4.69) is 9.84 Å². The summed E-state index contributed by atoms with van der Waals surface area (Å²) in [5, 5.41) is 9.02. The molecule has 0 aliphatic rings. The van der Waals surface area contributed by atoms with Crippen molar-refractivity contribution < 1.29 is 23.9 Å². The van der Waals surface area contributed by atoms with Gasteiger partial charge in [0.25, 0.3) is 5.91 Å². The molecule has 9 nitrogen and oxygen atoms in total. The Hall–Kier alpha value is -4.05. The Balaban J connectivity index is 1.72. The number of aryl methyl sites for hydroxylation is 1. The molecule has 3 heterocycles. The van der Waals surface area contributed by atoms with Crippen LogP contribution in [0.15, 0.2) is 53.9 Å². The number of esters is 1. The largest absolute Gasteiger partial charge is 0.452 e. The van der Waals surface area contributed by atoms with Gasteiger partial charge in [-0.1, -0.05) is 24.3 Å². The normalized spacial score (nSPS) is 10.7. The maximum Gasteiger partial charge on any atom is 0.413 e. The predicted octanol–water partition coefficient (Wildman–Crippen LogP) is 3.89. The Morgan fingerprint density at radius 3 is 2.58 bits per heavy atom. The average molecular weight is 465 g/mol. The Morgan fingerprint density at radius 1 is 1.09 bits per heavy atom. The lowest BCUT2D eigenvalue weighted by molar-refractivity contribution is -0.123. The Morgan fingerprint density at radius 2 is 1.88 bits per heavy atom. The predicted molar refractivity (Wildman–Crippen MR) is 122 cm³/mol. The summed E-state index contributed by atoms with van der Waals surface area (Å²) in [6.07, 6.45) is -0.898. The van der Waals surface area contributed by atoms with Gasteiger partial charge < -0.3 is 9.47 Å². The molecule has 4 aromatic rings. The number of aromatic nitrogens is 3. The fourth-order valence-corrected chi connectivity index (χ4v) is 3.96. The number of nitrogens with one attached hydrogen (secondary N) is 1. The minimum Gasteiger partial charge on any atom is -0.452 e. The van der Waals surface area contributed by atoms with Crippen molar-refractivity contribution in [2.45, 2.75) is 13.8 Å². The summed E-state index contributed by atoms with van der Waals surface area (Å²) in [6.45, 7) is 2.87. The van der Waals surface area contributed by atoms with Crippen molar-refractivity contribution in [1.82, 2.24) is 20.1 Å². The van der Waals surface area contributed by atoms with E-state index in [1.54, 1.807) is 24.6 Å². The molecule has 3 aromatic heterocycles. The van der Waals surface area contributed by atoms with E-state index >= 15 is 0 Å². The summed E-state index contributed by atoms with van der Waals surface area (Å²) < 4.78 is 11.5. The van der Waals surface area contributed by atoms with Crippen molar-refractivity contribution in [2.75, 3.05) is 13.2 Å². The van der Waals surface area contributed by atoms with Crippen molar-refractivity contribution in [2.24, 2.45) is 0 Å². The Kier molecular flexibility index (Phi) is 6.45. The van der Waals surface area contributed by atoms with Crippen LogP contribution in [0.4, 0.5) is 4.79 Å². The summed E-state index contributed by atoms with van der Waals surface area (Å²) >= 11 is 1.48. The highest BCUT2D eigenvalue weighted by molar-refractivity contribution is 7.13. The maximum atomic E-state index is 13.0. The number of hydrogen-bond donors (Lipinski definition) is 1. The van der Waals surface area contributed by atoms with Crippen molar-refractivity contribution in [3.05, 3.63) is 65.2 Å². The second-order valence-corrected chi connectivity index (χ2v) is 7.86. The topological polar surface area (TPSA) is 112 Å². The molecule has 0 aliphatic carbocycles. The van der Waals surface area contributed by atoms with Crippen LogP contribution in [0.5, 0.6) is 0 Å². The first kappa shape index (κ1) is 22.2. The Labute approximate surface area is 193 Å². The van der Waals surface area contributed by atoms with Crippen LogP contribution in [-0.2, 0) is 14.3 Å². The van der Waals surface area contributed by atoms with E-state index in [9.17, 15) is 14.4 Å². The second-order valence-electron chi connectivity index (χ2n) is 6.91. The van der Waals surface area contributed by atoms with E-state index < -0.39 is 24.6 Å². The third-order valence-electron chi connectivity index (χ3n) is 4.66. The molecular weight excluding hydrogens is 444 g/mol. The number of carbonyl (C=O) groups excluding carboxylic acids is 3. The lowest BCUT2D eigenvalue weighted by atomic mass is 10.1. The van der Waals surface area contributed by atoms with Gasteiger partial charge in [-0.2, -0.15) is 5.10 Å². The van der Waals surface area contributed by atoms with Gasteiger partial charge in [-0.25, -0.2) is 19.3 Å². The van der Waals surface area contributed by atoms with Crippen LogP contribution in [0.3, 0.4) is 0 Å². The summed E-state index contributed by atoms with van der Waals surface area (Å²) in [6, 6.07) is 14.9. The number of para-hydroxylation sites is 1. The first-order chi connectivity index (χ1) is 16.0. The molecule has 0 bridgehead atoms. The standard InChI is InChI=1S/C23H20N4O5S/c1-3-31-23(30)25-19(28)13-32-22(29)16-12-17(18-10-7-11-33-18)24-21-20(16)14(2)26-27(21)15-8-5-4-6-9-15/h4-12H,3,13H2,1-2H3,(H,25,28,30). The lowest BCUT2D eigenvalue weighted by Gasteiger charge is -2.09. The number of thiophene rings is 1. The van der Waals surface area contributed by atoms with Crippen molar-refractivity contribution in [3.8, 4) is 16.3 Å². The van der Waals surface area contributed by atoms with Gasteiger partial charge >= 0.3 is 12.1 Å². The molecule has 0 saturated heterocycles. The molecule has 1 N–H and O–H groups in total. The quantitative estimate of drug-likeness (QED) is 0.431. The molecule has 4 rings (SSSR count). The molecular formula is C23H20N4O5S. The van der Waals surface area contributed by atoms with Crippen LogP contribution in [-0.4, -0.2) is 45.9 Å². The molecule has 0 aliphatic heterocycles. The van der Waals surface area contributed by atoms with Crippen LogP contribution >= 0.6 is 11.3 Å². The van der Waals surface area contributed by atoms with Gasteiger partial charge in [0, 0.05) is 0 Å². The van der Waals surface area contributed by atoms with E-state index in [1.165, 1.54) is 11.3 Å². The van der Waals surface area contributed by atoms with E-state index in [0.29, 0.717) is 22.4 Å². The van der Waals surface area contributed by atoms with Crippen LogP contribution in [0.1, 0.15) is 23.0 Å². The highest BCUT2D eigenvalue weighted by Gasteiger charge is 2.23. The molecule has 0 spiro atoms. The molecule has 0 saturated carbocycles. The summed E-state index contributed by atoms with van der Waals surface area (Å²) in [7, 11) is 0. The monoisotopic (exact) mass is 464 g/mol. The van der Waals surface area contributed by atoms with Gasteiger partial charge in [0.1, 0.15) is 0 Å². The van der Waals surface area contributed by atoms with Crippen molar-refractivity contribution in [3.63, 3.8) is 0 Å². The molecule has 33 heavy (non-hydrogen) atoms. The first-order valence-corrected chi connectivity index (χ1v) is 11.0. The number of nitrogens with zero attached hydrogens (tertiary/aromatic N) is 3. The highest BCUT2D eigenvalue weighted by Crippen LogP contribution is 2.31. The number of pyridine rings is 1. The molecule has 10 heteroatoms. The maximum absolute atomic E-state index is 13.0. The zero-order chi connectivity index (χ0) is 23.4. The van der Waals surface area contributed by atoms with E-state index in [0.717, 1.165) is 10.6 Å². The highest BCUT2D eigenvalue weighted by atomic mass is 32.1. The fraction of sp³-hybridized carbons (Fsp3) is 0.174. The molecule has 0 fully saturated rings. The fourth-order valence-electron chi connectivity index (χ4n) is 3.28. The number of imide groups is 1. The SMILES string of the molecule is CCOC(=O)NC(=O)COC(=O)c1cc(-c2cccs2)nc2c1c(C)nn2-c1ccccc1. The van der Waals surface area contributed by atoms with E-state index in [4.69, 9.17) is 9.72 Å². The zero-order valence-electron chi connectivity index (χ0n) is 17.9. The molecule has 0 radical (unpaired) electrons. The third kappa shape index (κ3) is 4.75. The average Bonchev–Trinajstić information content (AvgIpc) is 3.46. The molecule has 1 aromatic carbocycles.